The molecular weight excluding hydrogens is 386 g/mol. The molecule has 2 atom stereocenters. The summed E-state index contributed by atoms with van der Waals surface area (Å²) in [5.41, 5.74) is -2.23. The Bertz CT molecular complexity index is 642. The molecule has 1 aliphatic heterocycles. The largest absolute Gasteiger partial charge is 0.435 e. The van der Waals surface area contributed by atoms with Gasteiger partial charge in [-0.3, -0.25) is 5.10 Å². The van der Waals surface area contributed by atoms with E-state index < -0.39 is 28.1 Å². The molecule has 0 bridgehead atoms. The fourth-order valence-electron chi connectivity index (χ4n) is 2.27. The van der Waals surface area contributed by atoms with Crippen molar-refractivity contribution in [1.82, 2.24) is 10.2 Å². The molecule has 1 aromatic heterocycles. The average molecular weight is 404 g/mol. The number of aromatic amines is 1. The third-order valence-corrected chi connectivity index (χ3v) is 6.03. The van der Waals surface area contributed by atoms with Gasteiger partial charge in [-0.1, -0.05) is 49.3 Å². The quantitative estimate of drug-likeness (QED) is 0.664. The van der Waals surface area contributed by atoms with Crippen molar-refractivity contribution in [2.75, 3.05) is 5.88 Å². The zero-order valence-corrected chi connectivity index (χ0v) is 15.9. The van der Waals surface area contributed by atoms with Gasteiger partial charge < -0.3 is 4.84 Å². The van der Waals surface area contributed by atoms with Crippen molar-refractivity contribution in [2.24, 2.45) is 10.6 Å². The van der Waals surface area contributed by atoms with E-state index in [9.17, 15) is 13.2 Å². The van der Waals surface area contributed by atoms with E-state index >= 15 is 0 Å². The summed E-state index contributed by atoms with van der Waals surface area (Å²) in [6.45, 7) is 7.32. The molecule has 0 saturated carbocycles. The second-order valence-corrected chi connectivity index (χ2v) is 8.82. The maximum Gasteiger partial charge on any atom is 0.435 e. The minimum Gasteiger partial charge on any atom is -0.387 e. The predicted molar refractivity (Wildman–Crippen MR) is 90.6 cm³/mol. The number of aromatic nitrogens is 2. The van der Waals surface area contributed by atoms with Crippen LogP contribution < -0.4 is 0 Å². The Morgan fingerprint density at radius 1 is 1.38 bits per heavy atom. The lowest BCUT2D eigenvalue weighted by atomic mass is 9.87. The molecule has 1 N–H and O–H groups in total. The highest BCUT2D eigenvalue weighted by Crippen LogP contribution is 2.51. The molecule has 0 spiro atoms. The molecule has 0 saturated heterocycles. The number of rotatable bonds is 3. The summed E-state index contributed by atoms with van der Waals surface area (Å²) in [7, 11) is 0. The molecule has 1 aliphatic rings. The first-order valence-electron chi connectivity index (χ1n) is 7.16. The molecule has 10 heteroatoms. The lowest BCUT2D eigenvalue weighted by Gasteiger charge is -2.30. The standard InChI is InChI=1S/C14H18Cl2F3N3OS/c1-12(2,3)10(24-7-5-13(4,6-15)23-22-7)8-9(14(17,18)19)20-21-11(8)16/h10H,5-6H2,1-4H3,(H,20,21). The van der Waals surface area contributed by atoms with Crippen LogP contribution in [0.1, 0.15) is 50.6 Å². The Morgan fingerprint density at radius 2 is 2.00 bits per heavy atom. The van der Waals surface area contributed by atoms with Crippen molar-refractivity contribution < 1.29 is 18.0 Å². The lowest BCUT2D eigenvalue weighted by molar-refractivity contribution is -0.141. The smallest absolute Gasteiger partial charge is 0.387 e. The number of nitrogens with zero attached hydrogens (tertiary/aromatic N) is 2. The van der Waals surface area contributed by atoms with E-state index in [0.717, 1.165) is 0 Å². The molecule has 0 radical (unpaired) electrons. The van der Waals surface area contributed by atoms with Crippen LogP contribution in [0.15, 0.2) is 5.16 Å². The number of hydrogen-bond donors (Lipinski definition) is 1. The molecule has 136 valence electrons. The van der Waals surface area contributed by atoms with Crippen LogP contribution in [0, 0.1) is 5.41 Å². The van der Waals surface area contributed by atoms with Crippen molar-refractivity contribution in [3.05, 3.63) is 16.4 Å². The van der Waals surface area contributed by atoms with Gasteiger partial charge in [0.25, 0.3) is 0 Å². The van der Waals surface area contributed by atoms with Gasteiger partial charge in [-0.2, -0.15) is 18.3 Å². The molecule has 2 unspecified atom stereocenters. The summed E-state index contributed by atoms with van der Waals surface area (Å²) >= 11 is 13.1. The highest BCUT2D eigenvalue weighted by atomic mass is 35.5. The van der Waals surface area contributed by atoms with Crippen LogP contribution in [0.4, 0.5) is 13.2 Å². The van der Waals surface area contributed by atoms with Gasteiger partial charge in [0.2, 0.25) is 0 Å². The Hall–Kier alpha value is -0.600. The summed E-state index contributed by atoms with van der Waals surface area (Å²) < 4.78 is 39.8. The number of oxime groups is 1. The van der Waals surface area contributed by atoms with Crippen molar-refractivity contribution in [3.63, 3.8) is 0 Å². The number of halogens is 5. The van der Waals surface area contributed by atoms with Crippen LogP contribution in [0.5, 0.6) is 0 Å². The van der Waals surface area contributed by atoms with Crippen molar-refractivity contribution in [1.29, 1.82) is 0 Å². The second kappa shape index (κ2) is 6.61. The summed E-state index contributed by atoms with van der Waals surface area (Å²) in [4.78, 5) is 5.32. The molecule has 4 nitrogen and oxygen atoms in total. The van der Waals surface area contributed by atoms with Gasteiger partial charge in [0.1, 0.15) is 10.2 Å². The Morgan fingerprint density at radius 3 is 2.46 bits per heavy atom. The normalized spacial score (nSPS) is 23.1. The maximum absolute atomic E-state index is 13.3. The van der Waals surface area contributed by atoms with E-state index in [2.05, 4.69) is 15.4 Å². The second-order valence-electron chi connectivity index (χ2n) is 7.00. The van der Waals surface area contributed by atoms with Gasteiger partial charge in [0.05, 0.1) is 5.88 Å². The first-order valence-corrected chi connectivity index (χ1v) is 8.95. The summed E-state index contributed by atoms with van der Waals surface area (Å²) in [5, 5.41) is 9.44. The fourth-order valence-corrected chi connectivity index (χ4v) is 4.16. The highest BCUT2D eigenvalue weighted by molar-refractivity contribution is 8.14. The Kier molecular flexibility index (Phi) is 5.43. The zero-order chi connectivity index (χ0) is 18.3. The first-order chi connectivity index (χ1) is 10.9. The van der Waals surface area contributed by atoms with E-state index in [0.29, 0.717) is 11.5 Å². The Balaban J connectivity index is 2.38. The van der Waals surface area contributed by atoms with Crippen molar-refractivity contribution in [2.45, 2.75) is 51.1 Å². The summed E-state index contributed by atoms with van der Waals surface area (Å²) in [5.74, 6) is 0.237. The van der Waals surface area contributed by atoms with Gasteiger partial charge in [-0.25, -0.2) is 0 Å². The van der Waals surface area contributed by atoms with Gasteiger partial charge in [0, 0.05) is 17.2 Å². The Labute approximate surface area is 152 Å². The van der Waals surface area contributed by atoms with Crippen molar-refractivity contribution >= 4 is 40.0 Å². The molecule has 0 fully saturated rings. The van der Waals surface area contributed by atoms with E-state index in [1.165, 1.54) is 11.8 Å². The molecule has 2 rings (SSSR count). The van der Waals surface area contributed by atoms with Gasteiger partial charge in [0.15, 0.2) is 11.3 Å². The molecular formula is C14H18Cl2F3N3OS. The van der Waals surface area contributed by atoms with Crippen LogP contribution in [-0.2, 0) is 11.0 Å². The monoisotopic (exact) mass is 403 g/mol. The minimum absolute atomic E-state index is 0.0659. The SMILES string of the molecule is CC1(CCl)CC(SC(c2c(C(F)(F)F)n[nH]c2Cl)C(C)(C)C)=NO1. The lowest BCUT2D eigenvalue weighted by Crippen LogP contribution is -2.27. The van der Waals surface area contributed by atoms with E-state index in [1.807, 2.05) is 20.8 Å². The van der Waals surface area contributed by atoms with E-state index in [1.54, 1.807) is 6.92 Å². The summed E-state index contributed by atoms with van der Waals surface area (Å²) in [6, 6.07) is 0. The van der Waals surface area contributed by atoms with Crippen LogP contribution >= 0.6 is 35.0 Å². The number of thioether (sulfide) groups is 1. The third kappa shape index (κ3) is 4.14. The zero-order valence-electron chi connectivity index (χ0n) is 13.6. The molecule has 24 heavy (non-hydrogen) atoms. The molecule has 0 aliphatic carbocycles. The molecule has 0 amide bonds. The third-order valence-electron chi connectivity index (χ3n) is 3.50. The molecule has 1 aromatic rings. The maximum atomic E-state index is 13.3. The van der Waals surface area contributed by atoms with Gasteiger partial charge in [-0.15, -0.1) is 11.6 Å². The number of hydrogen-bond acceptors (Lipinski definition) is 4. The van der Waals surface area contributed by atoms with Crippen LogP contribution in [-0.4, -0.2) is 26.7 Å². The molecule has 0 aromatic carbocycles. The summed E-state index contributed by atoms with van der Waals surface area (Å²) in [6.07, 6.45) is -4.16. The predicted octanol–water partition coefficient (Wildman–Crippen LogP) is 5.63. The van der Waals surface area contributed by atoms with E-state index in [-0.39, 0.29) is 16.6 Å². The number of H-pyrrole nitrogens is 1. The number of alkyl halides is 4. The first kappa shape index (κ1) is 19.7. The minimum atomic E-state index is -4.60. The van der Waals surface area contributed by atoms with Gasteiger partial charge in [-0.05, 0) is 12.3 Å². The average Bonchev–Trinajstić information content (AvgIpc) is 2.99. The molecule has 2 heterocycles. The highest BCUT2D eigenvalue weighted by Gasteiger charge is 2.44. The fraction of sp³-hybridized carbons (Fsp3) is 0.714. The number of nitrogens with one attached hydrogen (secondary N) is 1. The van der Waals surface area contributed by atoms with Gasteiger partial charge >= 0.3 is 6.18 Å². The van der Waals surface area contributed by atoms with Crippen LogP contribution in [0.2, 0.25) is 5.15 Å². The van der Waals surface area contributed by atoms with E-state index in [4.69, 9.17) is 28.0 Å². The van der Waals surface area contributed by atoms with Crippen LogP contribution in [0.3, 0.4) is 0 Å². The van der Waals surface area contributed by atoms with Crippen molar-refractivity contribution in [3.8, 4) is 0 Å². The topological polar surface area (TPSA) is 50.3 Å². The van der Waals surface area contributed by atoms with Crippen LogP contribution in [0.25, 0.3) is 0 Å².